The van der Waals surface area contributed by atoms with Crippen molar-refractivity contribution in [3.05, 3.63) is 12.4 Å². The lowest BCUT2D eigenvalue weighted by atomic mass is 10.1. The van der Waals surface area contributed by atoms with E-state index in [1.807, 2.05) is 0 Å². The first-order valence-electron chi connectivity index (χ1n) is 10.5. The minimum absolute atomic E-state index is 0.647. The second-order valence-electron chi connectivity index (χ2n) is 7.23. The Balaban J connectivity index is 2.31. The SMILES string of the molecule is CCCCCCCCN1C=CN(CCCCC)C1CCCCC. The average molecular weight is 323 g/mol. The smallest absolute Gasteiger partial charge is 0.101 e. The van der Waals surface area contributed by atoms with E-state index in [9.17, 15) is 0 Å². The molecule has 0 spiro atoms. The Kier molecular flexibility index (Phi) is 12.2. The average Bonchev–Trinajstić information content (AvgIpc) is 2.94. The van der Waals surface area contributed by atoms with Gasteiger partial charge in [-0.25, -0.2) is 0 Å². The van der Waals surface area contributed by atoms with Gasteiger partial charge in [0.2, 0.25) is 0 Å². The molecule has 0 radical (unpaired) electrons. The van der Waals surface area contributed by atoms with Crippen LogP contribution < -0.4 is 0 Å². The number of rotatable bonds is 15. The van der Waals surface area contributed by atoms with Crippen molar-refractivity contribution in [3.8, 4) is 0 Å². The predicted molar refractivity (Wildman–Crippen MR) is 103 cm³/mol. The van der Waals surface area contributed by atoms with Gasteiger partial charge in [-0.05, 0) is 25.7 Å². The second-order valence-corrected chi connectivity index (χ2v) is 7.23. The van der Waals surface area contributed by atoms with Crippen LogP contribution in [0.3, 0.4) is 0 Å². The largest absolute Gasteiger partial charge is 0.356 e. The first-order chi connectivity index (χ1) is 11.3. The molecular formula is C21H42N2. The molecule has 1 heterocycles. The molecule has 136 valence electrons. The Morgan fingerprint density at radius 2 is 1.00 bits per heavy atom. The monoisotopic (exact) mass is 322 g/mol. The molecule has 1 aliphatic heterocycles. The molecule has 0 amide bonds. The minimum Gasteiger partial charge on any atom is -0.356 e. The first kappa shape index (κ1) is 20.4. The van der Waals surface area contributed by atoms with Crippen molar-refractivity contribution in [2.45, 2.75) is 110 Å². The fourth-order valence-electron chi connectivity index (χ4n) is 3.54. The summed E-state index contributed by atoms with van der Waals surface area (Å²) in [4.78, 5) is 5.24. The van der Waals surface area contributed by atoms with Gasteiger partial charge in [-0.2, -0.15) is 0 Å². The molecular weight excluding hydrogens is 280 g/mol. The van der Waals surface area contributed by atoms with Crippen LogP contribution in [0.1, 0.15) is 104 Å². The Morgan fingerprint density at radius 1 is 0.565 bits per heavy atom. The van der Waals surface area contributed by atoms with Crippen LogP contribution in [0.4, 0.5) is 0 Å². The van der Waals surface area contributed by atoms with Gasteiger partial charge in [0.25, 0.3) is 0 Å². The van der Waals surface area contributed by atoms with Crippen molar-refractivity contribution in [1.29, 1.82) is 0 Å². The normalized spacial score (nSPS) is 17.4. The number of nitrogens with zero attached hydrogens (tertiary/aromatic N) is 2. The van der Waals surface area contributed by atoms with Crippen molar-refractivity contribution in [2.24, 2.45) is 0 Å². The molecule has 0 N–H and O–H groups in total. The third-order valence-corrected chi connectivity index (χ3v) is 5.07. The van der Waals surface area contributed by atoms with E-state index in [1.54, 1.807) is 0 Å². The van der Waals surface area contributed by atoms with Crippen molar-refractivity contribution >= 4 is 0 Å². The molecule has 2 heteroatoms. The Morgan fingerprint density at radius 3 is 1.61 bits per heavy atom. The van der Waals surface area contributed by atoms with Crippen molar-refractivity contribution in [2.75, 3.05) is 13.1 Å². The van der Waals surface area contributed by atoms with Gasteiger partial charge in [0.1, 0.15) is 6.17 Å². The summed E-state index contributed by atoms with van der Waals surface area (Å²) in [5.41, 5.74) is 0. The molecule has 1 atom stereocenters. The van der Waals surface area contributed by atoms with E-state index in [0.29, 0.717) is 6.17 Å². The maximum absolute atomic E-state index is 2.63. The van der Waals surface area contributed by atoms with Crippen LogP contribution in [0.2, 0.25) is 0 Å². The van der Waals surface area contributed by atoms with Crippen LogP contribution in [-0.4, -0.2) is 29.1 Å². The van der Waals surface area contributed by atoms with Crippen LogP contribution in [0.5, 0.6) is 0 Å². The van der Waals surface area contributed by atoms with Crippen LogP contribution in [0, 0.1) is 0 Å². The zero-order valence-electron chi connectivity index (χ0n) is 16.2. The summed E-state index contributed by atoms with van der Waals surface area (Å²) >= 11 is 0. The van der Waals surface area contributed by atoms with Gasteiger partial charge in [0.15, 0.2) is 0 Å². The molecule has 0 bridgehead atoms. The standard InChI is InChI=1S/C21H42N2/c1-4-7-10-11-12-15-18-23-20-19-22(17-14-9-6-3)21(23)16-13-8-5-2/h19-21H,4-18H2,1-3H3. The molecule has 0 aliphatic carbocycles. The maximum Gasteiger partial charge on any atom is 0.101 e. The highest BCUT2D eigenvalue weighted by atomic mass is 15.4. The highest BCUT2D eigenvalue weighted by Crippen LogP contribution is 2.23. The molecule has 0 aromatic heterocycles. The third kappa shape index (κ3) is 8.67. The molecule has 1 aliphatic rings. The van der Waals surface area contributed by atoms with Gasteiger partial charge in [-0.15, -0.1) is 0 Å². The fourth-order valence-corrected chi connectivity index (χ4v) is 3.54. The van der Waals surface area contributed by atoms with Crippen molar-refractivity contribution < 1.29 is 0 Å². The topological polar surface area (TPSA) is 6.48 Å². The maximum atomic E-state index is 2.63. The van der Waals surface area contributed by atoms with E-state index in [4.69, 9.17) is 0 Å². The summed E-state index contributed by atoms with van der Waals surface area (Å²) in [5, 5.41) is 0. The molecule has 0 saturated heterocycles. The lowest BCUT2D eigenvalue weighted by Crippen LogP contribution is -2.39. The van der Waals surface area contributed by atoms with Gasteiger partial charge in [-0.1, -0.05) is 78.6 Å². The number of unbranched alkanes of at least 4 members (excludes halogenated alkanes) is 9. The highest BCUT2D eigenvalue weighted by Gasteiger charge is 2.24. The summed E-state index contributed by atoms with van der Waals surface area (Å²) in [5.74, 6) is 0. The minimum atomic E-state index is 0.647. The quantitative estimate of drug-likeness (QED) is 0.316. The molecule has 1 rings (SSSR count). The van der Waals surface area contributed by atoms with Gasteiger partial charge in [-0.3, -0.25) is 0 Å². The van der Waals surface area contributed by atoms with Crippen LogP contribution in [0.25, 0.3) is 0 Å². The summed E-state index contributed by atoms with van der Waals surface area (Å²) in [6.07, 6.45) is 23.2. The van der Waals surface area contributed by atoms with E-state index >= 15 is 0 Å². The molecule has 0 saturated carbocycles. The summed E-state index contributed by atoms with van der Waals surface area (Å²) < 4.78 is 0. The molecule has 0 aromatic carbocycles. The Bertz CT molecular complexity index is 288. The number of hydrogen-bond acceptors (Lipinski definition) is 2. The number of hydrogen-bond donors (Lipinski definition) is 0. The van der Waals surface area contributed by atoms with E-state index in [-0.39, 0.29) is 0 Å². The van der Waals surface area contributed by atoms with E-state index < -0.39 is 0 Å². The molecule has 23 heavy (non-hydrogen) atoms. The summed E-state index contributed by atoms with van der Waals surface area (Å²) in [6, 6.07) is 0. The van der Waals surface area contributed by atoms with Crippen LogP contribution in [0.15, 0.2) is 12.4 Å². The third-order valence-electron chi connectivity index (χ3n) is 5.07. The van der Waals surface area contributed by atoms with E-state index in [2.05, 4.69) is 43.0 Å². The molecule has 0 aromatic rings. The summed E-state index contributed by atoms with van der Waals surface area (Å²) in [6.45, 7) is 9.39. The summed E-state index contributed by atoms with van der Waals surface area (Å²) in [7, 11) is 0. The second kappa shape index (κ2) is 13.7. The highest BCUT2D eigenvalue weighted by molar-refractivity contribution is 4.96. The van der Waals surface area contributed by atoms with Crippen LogP contribution >= 0.6 is 0 Å². The first-order valence-corrected chi connectivity index (χ1v) is 10.5. The van der Waals surface area contributed by atoms with Gasteiger partial charge in [0.05, 0.1) is 0 Å². The molecule has 1 unspecified atom stereocenters. The van der Waals surface area contributed by atoms with Crippen molar-refractivity contribution in [1.82, 2.24) is 9.80 Å². The lowest BCUT2D eigenvalue weighted by molar-refractivity contribution is 0.136. The zero-order valence-corrected chi connectivity index (χ0v) is 16.2. The Hall–Kier alpha value is -0.660. The van der Waals surface area contributed by atoms with E-state index in [1.165, 1.54) is 96.6 Å². The lowest BCUT2D eigenvalue weighted by Gasteiger charge is -2.33. The van der Waals surface area contributed by atoms with Gasteiger partial charge < -0.3 is 9.80 Å². The van der Waals surface area contributed by atoms with Crippen LogP contribution in [-0.2, 0) is 0 Å². The predicted octanol–water partition coefficient (Wildman–Crippen LogP) is 6.53. The van der Waals surface area contributed by atoms with Gasteiger partial charge >= 0.3 is 0 Å². The zero-order chi connectivity index (χ0) is 16.8. The molecule has 2 nitrogen and oxygen atoms in total. The Labute approximate surface area is 146 Å². The van der Waals surface area contributed by atoms with Gasteiger partial charge in [0, 0.05) is 25.5 Å². The fraction of sp³-hybridized carbons (Fsp3) is 0.905. The van der Waals surface area contributed by atoms with Crippen molar-refractivity contribution in [3.63, 3.8) is 0 Å². The molecule has 0 fully saturated rings. The van der Waals surface area contributed by atoms with E-state index in [0.717, 1.165) is 0 Å².